The van der Waals surface area contributed by atoms with Crippen molar-refractivity contribution < 1.29 is 4.79 Å². The molecule has 1 aromatic rings. The summed E-state index contributed by atoms with van der Waals surface area (Å²) in [5, 5.41) is 3.22. The van der Waals surface area contributed by atoms with Gasteiger partial charge >= 0.3 is 0 Å². The molecule has 0 bridgehead atoms. The van der Waals surface area contributed by atoms with Gasteiger partial charge in [0, 0.05) is 5.92 Å². The molecule has 3 rings (SSSR count). The molecule has 2 nitrogen and oxygen atoms in total. The van der Waals surface area contributed by atoms with Gasteiger partial charge < -0.3 is 5.32 Å². The Hall–Kier alpha value is -1.31. The first-order valence-electron chi connectivity index (χ1n) is 6.20. The number of carbonyl (C=O) groups excluding carboxylic acids is 1. The van der Waals surface area contributed by atoms with Crippen LogP contribution in [0.25, 0.3) is 0 Å². The van der Waals surface area contributed by atoms with Gasteiger partial charge in [0.1, 0.15) is 0 Å². The lowest BCUT2D eigenvalue weighted by Gasteiger charge is -2.18. The molecule has 2 fully saturated rings. The van der Waals surface area contributed by atoms with Crippen molar-refractivity contribution in [3.63, 3.8) is 0 Å². The van der Waals surface area contributed by atoms with E-state index >= 15 is 0 Å². The van der Waals surface area contributed by atoms with Crippen molar-refractivity contribution in [1.29, 1.82) is 0 Å². The Morgan fingerprint density at radius 2 is 1.81 bits per heavy atom. The predicted molar refractivity (Wildman–Crippen MR) is 62.8 cm³/mol. The van der Waals surface area contributed by atoms with Crippen LogP contribution < -0.4 is 5.32 Å². The highest BCUT2D eigenvalue weighted by molar-refractivity contribution is 5.81. The molecular weight excluding hydrogens is 198 g/mol. The van der Waals surface area contributed by atoms with Gasteiger partial charge in [0.15, 0.2) is 0 Å². The quantitative estimate of drug-likeness (QED) is 0.822. The lowest BCUT2D eigenvalue weighted by atomic mass is 10.0. The highest BCUT2D eigenvalue weighted by Crippen LogP contribution is 2.41. The molecule has 0 saturated heterocycles. The predicted octanol–water partition coefficient (Wildman–Crippen LogP) is 2.66. The minimum Gasteiger partial charge on any atom is -0.349 e. The number of rotatable bonds is 4. The summed E-state index contributed by atoms with van der Waals surface area (Å²) < 4.78 is 0. The van der Waals surface area contributed by atoms with Gasteiger partial charge in [0.05, 0.1) is 6.04 Å². The van der Waals surface area contributed by atoms with E-state index in [1.165, 1.54) is 18.4 Å². The van der Waals surface area contributed by atoms with E-state index in [1.54, 1.807) is 0 Å². The number of hydrogen-bond acceptors (Lipinski definition) is 1. The topological polar surface area (TPSA) is 29.1 Å². The average molecular weight is 215 g/mol. The van der Waals surface area contributed by atoms with Crippen LogP contribution in [-0.2, 0) is 4.79 Å². The van der Waals surface area contributed by atoms with E-state index in [0.29, 0.717) is 11.8 Å². The summed E-state index contributed by atoms with van der Waals surface area (Å²) in [6.07, 6.45) is 4.67. The first-order chi connectivity index (χ1) is 7.84. The second kappa shape index (κ2) is 3.93. The SMILES string of the molecule is O=C(NC(c1ccccc1)C1CC1)C1CC1. The zero-order valence-electron chi connectivity index (χ0n) is 9.36. The van der Waals surface area contributed by atoms with Crippen LogP contribution in [0.3, 0.4) is 0 Å². The third-order valence-corrected chi connectivity index (χ3v) is 3.50. The molecule has 1 unspecified atom stereocenters. The molecule has 1 amide bonds. The van der Waals surface area contributed by atoms with Gasteiger partial charge in [-0.15, -0.1) is 0 Å². The van der Waals surface area contributed by atoms with Crippen LogP contribution in [0, 0.1) is 11.8 Å². The van der Waals surface area contributed by atoms with E-state index in [2.05, 4.69) is 17.4 Å². The summed E-state index contributed by atoms with van der Waals surface area (Å²) in [7, 11) is 0. The minimum atomic E-state index is 0.259. The molecule has 16 heavy (non-hydrogen) atoms. The average Bonchev–Trinajstić information content (AvgIpc) is 3.19. The molecule has 2 heteroatoms. The van der Waals surface area contributed by atoms with Crippen molar-refractivity contribution in [2.75, 3.05) is 0 Å². The van der Waals surface area contributed by atoms with Gasteiger partial charge in [-0.3, -0.25) is 4.79 Å². The molecule has 0 spiro atoms. The largest absolute Gasteiger partial charge is 0.349 e. The number of hydrogen-bond donors (Lipinski definition) is 1. The number of carbonyl (C=O) groups is 1. The number of benzene rings is 1. The highest BCUT2D eigenvalue weighted by Gasteiger charge is 2.37. The smallest absolute Gasteiger partial charge is 0.223 e. The Labute approximate surface area is 96.1 Å². The van der Waals surface area contributed by atoms with Gasteiger partial charge in [-0.1, -0.05) is 30.3 Å². The summed E-state index contributed by atoms with van der Waals surface area (Å²) in [6.45, 7) is 0. The van der Waals surface area contributed by atoms with Crippen molar-refractivity contribution in [2.45, 2.75) is 31.7 Å². The Kier molecular flexibility index (Phi) is 2.43. The van der Waals surface area contributed by atoms with Crippen LogP contribution in [0.4, 0.5) is 0 Å². The standard InChI is InChI=1S/C14H17NO/c16-14(12-8-9-12)15-13(11-6-7-11)10-4-2-1-3-5-10/h1-5,11-13H,6-9H2,(H,15,16). The molecule has 0 aromatic heterocycles. The number of nitrogens with one attached hydrogen (secondary N) is 1. The third-order valence-electron chi connectivity index (χ3n) is 3.50. The van der Waals surface area contributed by atoms with Crippen LogP contribution >= 0.6 is 0 Å². The molecule has 0 aliphatic heterocycles. The molecule has 0 heterocycles. The molecule has 0 radical (unpaired) electrons. The Morgan fingerprint density at radius 1 is 1.12 bits per heavy atom. The van der Waals surface area contributed by atoms with Gasteiger partial charge in [0.25, 0.3) is 0 Å². The van der Waals surface area contributed by atoms with Crippen molar-refractivity contribution in [3.8, 4) is 0 Å². The van der Waals surface area contributed by atoms with Crippen LogP contribution in [-0.4, -0.2) is 5.91 Å². The molecule has 1 aromatic carbocycles. The van der Waals surface area contributed by atoms with Crippen LogP contribution in [0.2, 0.25) is 0 Å². The summed E-state index contributed by atoms with van der Waals surface area (Å²) in [6, 6.07) is 10.6. The van der Waals surface area contributed by atoms with E-state index in [4.69, 9.17) is 0 Å². The third kappa shape index (κ3) is 2.11. The molecule has 2 aliphatic carbocycles. The lowest BCUT2D eigenvalue weighted by Crippen LogP contribution is -2.30. The maximum atomic E-state index is 11.8. The second-order valence-corrected chi connectivity index (χ2v) is 5.01. The van der Waals surface area contributed by atoms with Crippen molar-refractivity contribution in [3.05, 3.63) is 35.9 Å². The summed E-state index contributed by atoms with van der Waals surface area (Å²) in [5.74, 6) is 1.25. The molecule has 1 atom stereocenters. The number of amides is 1. The van der Waals surface area contributed by atoms with Gasteiger partial charge in [-0.25, -0.2) is 0 Å². The molecule has 2 aliphatic rings. The maximum absolute atomic E-state index is 11.8. The summed E-state index contributed by atoms with van der Waals surface area (Å²) >= 11 is 0. The van der Waals surface area contributed by atoms with Crippen LogP contribution in [0.1, 0.15) is 37.3 Å². The Morgan fingerprint density at radius 3 is 2.38 bits per heavy atom. The van der Waals surface area contributed by atoms with Gasteiger partial charge in [-0.2, -0.15) is 0 Å². The monoisotopic (exact) mass is 215 g/mol. The first-order valence-corrected chi connectivity index (χ1v) is 6.20. The summed E-state index contributed by atoms with van der Waals surface area (Å²) in [5.41, 5.74) is 1.26. The fourth-order valence-corrected chi connectivity index (χ4v) is 2.18. The zero-order chi connectivity index (χ0) is 11.0. The second-order valence-electron chi connectivity index (χ2n) is 5.01. The van der Waals surface area contributed by atoms with Crippen molar-refractivity contribution in [1.82, 2.24) is 5.32 Å². The van der Waals surface area contributed by atoms with Crippen LogP contribution in [0.15, 0.2) is 30.3 Å². The normalized spacial score (nSPS) is 21.5. The Bertz CT molecular complexity index is 379. The van der Waals surface area contributed by atoms with E-state index in [-0.39, 0.29) is 11.9 Å². The molecular formula is C14H17NO. The first kappa shape index (κ1) is 9.88. The van der Waals surface area contributed by atoms with E-state index in [1.807, 2.05) is 18.2 Å². The Balaban J connectivity index is 1.73. The van der Waals surface area contributed by atoms with E-state index in [0.717, 1.165) is 12.8 Å². The lowest BCUT2D eigenvalue weighted by molar-refractivity contribution is -0.123. The highest BCUT2D eigenvalue weighted by atomic mass is 16.2. The minimum absolute atomic E-state index is 0.259. The zero-order valence-corrected chi connectivity index (χ0v) is 9.36. The van der Waals surface area contributed by atoms with Gasteiger partial charge in [0.2, 0.25) is 5.91 Å². The molecule has 84 valence electrons. The van der Waals surface area contributed by atoms with E-state index in [9.17, 15) is 4.79 Å². The summed E-state index contributed by atoms with van der Waals surface area (Å²) in [4.78, 5) is 11.8. The van der Waals surface area contributed by atoms with Crippen molar-refractivity contribution in [2.24, 2.45) is 11.8 Å². The fourth-order valence-electron chi connectivity index (χ4n) is 2.18. The molecule has 2 saturated carbocycles. The van der Waals surface area contributed by atoms with E-state index < -0.39 is 0 Å². The fraction of sp³-hybridized carbons (Fsp3) is 0.500. The maximum Gasteiger partial charge on any atom is 0.223 e. The molecule has 1 N–H and O–H groups in total. The van der Waals surface area contributed by atoms with Crippen LogP contribution in [0.5, 0.6) is 0 Å². The van der Waals surface area contributed by atoms with Crippen molar-refractivity contribution >= 4 is 5.91 Å². The van der Waals surface area contributed by atoms with Gasteiger partial charge in [-0.05, 0) is 37.2 Å².